The molecule has 0 spiro atoms. The number of hydrogen-bond acceptors (Lipinski definition) is 4. The second kappa shape index (κ2) is 7.14. The van der Waals surface area contributed by atoms with E-state index in [1.165, 1.54) is 11.3 Å². The van der Waals surface area contributed by atoms with Crippen molar-refractivity contribution in [3.8, 4) is 17.6 Å². The predicted octanol–water partition coefficient (Wildman–Crippen LogP) is 2.97. The molecule has 1 heterocycles. The van der Waals surface area contributed by atoms with Crippen molar-refractivity contribution in [1.82, 2.24) is 0 Å². The van der Waals surface area contributed by atoms with Gasteiger partial charge in [0.1, 0.15) is 10.6 Å². The van der Waals surface area contributed by atoms with Crippen molar-refractivity contribution in [3.63, 3.8) is 0 Å². The van der Waals surface area contributed by atoms with Gasteiger partial charge in [-0.3, -0.25) is 4.79 Å². The monoisotopic (exact) mass is 320 g/mol. The fourth-order valence-electron chi connectivity index (χ4n) is 1.64. The smallest absolute Gasteiger partial charge is 0.267 e. The van der Waals surface area contributed by atoms with Crippen LogP contribution in [0, 0.1) is 11.8 Å². The molecule has 0 aliphatic rings. The average molecular weight is 321 g/mol. The minimum absolute atomic E-state index is 0.249. The molecule has 0 saturated carbocycles. The molecule has 0 fully saturated rings. The first kappa shape index (κ1) is 15.4. The molecule has 4 nitrogen and oxygen atoms in total. The number of carbonyl (C=O) groups excluding carboxylic acids is 1. The fourth-order valence-corrected chi connectivity index (χ4v) is 2.55. The first-order valence-corrected chi connectivity index (χ1v) is 7.32. The Hall–Kier alpha value is -2.00. The third-order valence-corrected chi connectivity index (χ3v) is 3.86. The van der Waals surface area contributed by atoms with Crippen molar-refractivity contribution in [2.75, 3.05) is 19.0 Å². The molecule has 2 aromatic rings. The minimum atomic E-state index is -0.263. The Morgan fingerprint density at radius 3 is 3.00 bits per heavy atom. The Kier molecular flexibility index (Phi) is 5.23. The molecular weight excluding hydrogens is 308 g/mol. The van der Waals surface area contributed by atoms with Gasteiger partial charge < -0.3 is 15.8 Å². The predicted molar refractivity (Wildman–Crippen MR) is 86.2 cm³/mol. The van der Waals surface area contributed by atoms with E-state index in [9.17, 15) is 4.79 Å². The van der Waals surface area contributed by atoms with Crippen LogP contribution >= 0.6 is 22.9 Å². The van der Waals surface area contributed by atoms with Crippen LogP contribution < -0.4 is 15.8 Å². The van der Waals surface area contributed by atoms with Crippen molar-refractivity contribution < 1.29 is 9.53 Å². The lowest BCUT2D eigenvalue weighted by Gasteiger charge is -2.08. The van der Waals surface area contributed by atoms with E-state index in [0.29, 0.717) is 26.9 Å². The molecule has 0 unspecified atom stereocenters. The molecule has 2 rings (SSSR count). The van der Waals surface area contributed by atoms with Crippen LogP contribution in [0.5, 0.6) is 5.75 Å². The Balaban J connectivity index is 2.24. The highest BCUT2D eigenvalue weighted by Gasteiger charge is 2.14. The first-order valence-electron chi connectivity index (χ1n) is 6.07. The Bertz CT molecular complexity index is 716. The molecule has 0 saturated heterocycles. The van der Waals surface area contributed by atoms with Crippen molar-refractivity contribution >= 4 is 34.5 Å². The summed E-state index contributed by atoms with van der Waals surface area (Å²) < 4.78 is 5.12. The standard InChI is InChI=1S/C15H13ClN2O2S/c1-20-11-4-5-12(16)13(9-11)18-15(19)14-10(3-2-7-17)6-8-21-14/h4-6,8-9H,7,17H2,1H3,(H,18,19). The topological polar surface area (TPSA) is 64.3 Å². The van der Waals surface area contributed by atoms with E-state index in [2.05, 4.69) is 17.2 Å². The summed E-state index contributed by atoms with van der Waals surface area (Å²) >= 11 is 7.38. The number of ether oxygens (including phenoxy) is 1. The van der Waals surface area contributed by atoms with Crippen LogP contribution in [0.1, 0.15) is 15.2 Å². The Labute approximate surface area is 131 Å². The van der Waals surface area contributed by atoms with Crippen molar-refractivity contribution in [2.45, 2.75) is 0 Å². The molecule has 6 heteroatoms. The van der Waals surface area contributed by atoms with Gasteiger partial charge in [0, 0.05) is 11.6 Å². The van der Waals surface area contributed by atoms with Crippen molar-refractivity contribution in [2.24, 2.45) is 5.73 Å². The SMILES string of the molecule is COc1ccc(Cl)c(NC(=O)c2sccc2C#CCN)c1. The highest BCUT2D eigenvalue weighted by atomic mass is 35.5. The molecule has 3 N–H and O–H groups in total. The second-order valence-corrected chi connectivity index (χ2v) is 5.29. The number of halogens is 1. The highest BCUT2D eigenvalue weighted by molar-refractivity contribution is 7.12. The van der Waals surface area contributed by atoms with Gasteiger partial charge >= 0.3 is 0 Å². The molecule has 0 bridgehead atoms. The molecule has 1 aromatic carbocycles. The van der Waals surface area contributed by atoms with Crippen LogP contribution in [0.15, 0.2) is 29.6 Å². The minimum Gasteiger partial charge on any atom is -0.497 e. The zero-order valence-corrected chi connectivity index (χ0v) is 12.8. The van der Waals surface area contributed by atoms with Gasteiger partial charge in [0.2, 0.25) is 0 Å². The van der Waals surface area contributed by atoms with Crippen LogP contribution in [0.2, 0.25) is 5.02 Å². The summed E-state index contributed by atoms with van der Waals surface area (Å²) in [5, 5.41) is 5.01. The zero-order valence-electron chi connectivity index (χ0n) is 11.3. The Morgan fingerprint density at radius 2 is 2.29 bits per heavy atom. The van der Waals surface area contributed by atoms with Crippen LogP contribution in [0.25, 0.3) is 0 Å². The number of hydrogen-bond donors (Lipinski definition) is 2. The van der Waals surface area contributed by atoms with Gasteiger partial charge in [0.15, 0.2) is 0 Å². The molecule has 21 heavy (non-hydrogen) atoms. The zero-order chi connectivity index (χ0) is 15.2. The number of anilines is 1. The summed E-state index contributed by atoms with van der Waals surface area (Å²) in [4.78, 5) is 12.8. The van der Waals surface area contributed by atoms with E-state index >= 15 is 0 Å². The number of nitrogens with two attached hydrogens (primary N) is 1. The summed E-state index contributed by atoms with van der Waals surface area (Å²) in [6, 6.07) is 6.84. The fraction of sp³-hybridized carbons (Fsp3) is 0.133. The largest absolute Gasteiger partial charge is 0.497 e. The van der Waals surface area contributed by atoms with Gasteiger partial charge in [-0.15, -0.1) is 11.3 Å². The molecule has 0 aliphatic heterocycles. The second-order valence-electron chi connectivity index (χ2n) is 3.97. The maximum absolute atomic E-state index is 12.3. The summed E-state index contributed by atoms with van der Waals surface area (Å²) in [5.41, 5.74) is 6.49. The molecule has 0 atom stereocenters. The summed E-state index contributed by atoms with van der Waals surface area (Å²) in [6.07, 6.45) is 0. The number of carbonyl (C=O) groups is 1. The van der Waals surface area contributed by atoms with Crippen LogP contribution in [-0.2, 0) is 0 Å². The maximum Gasteiger partial charge on any atom is 0.267 e. The average Bonchev–Trinajstić information content (AvgIpc) is 2.95. The normalized spacial score (nSPS) is 9.67. The van der Waals surface area contributed by atoms with Crippen LogP contribution in [0.3, 0.4) is 0 Å². The van der Waals surface area contributed by atoms with Crippen LogP contribution in [0.4, 0.5) is 5.69 Å². The van der Waals surface area contributed by atoms with E-state index < -0.39 is 0 Å². The van der Waals surface area contributed by atoms with E-state index in [-0.39, 0.29) is 12.5 Å². The number of thiophene rings is 1. The van der Waals surface area contributed by atoms with E-state index in [4.69, 9.17) is 22.1 Å². The van der Waals surface area contributed by atoms with Gasteiger partial charge in [-0.1, -0.05) is 23.4 Å². The number of benzene rings is 1. The molecule has 108 valence electrons. The summed E-state index contributed by atoms with van der Waals surface area (Å²) in [5.74, 6) is 5.96. The lowest BCUT2D eigenvalue weighted by atomic mass is 10.2. The summed E-state index contributed by atoms with van der Waals surface area (Å²) in [7, 11) is 1.55. The van der Waals surface area contributed by atoms with E-state index in [1.807, 2.05) is 5.38 Å². The molecule has 0 radical (unpaired) electrons. The van der Waals surface area contributed by atoms with Gasteiger partial charge in [-0.05, 0) is 23.6 Å². The third kappa shape index (κ3) is 3.76. The van der Waals surface area contributed by atoms with E-state index in [0.717, 1.165) is 0 Å². The van der Waals surface area contributed by atoms with Crippen LogP contribution in [-0.4, -0.2) is 19.6 Å². The van der Waals surface area contributed by atoms with Gasteiger partial charge in [-0.2, -0.15) is 0 Å². The van der Waals surface area contributed by atoms with Gasteiger partial charge in [0.25, 0.3) is 5.91 Å². The molecular formula is C15H13ClN2O2S. The lowest BCUT2D eigenvalue weighted by molar-refractivity contribution is 0.103. The van der Waals surface area contributed by atoms with Gasteiger partial charge in [0.05, 0.1) is 24.4 Å². The molecule has 1 aromatic heterocycles. The number of methoxy groups -OCH3 is 1. The Morgan fingerprint density at radius 1 is 1.48 bits per heavy atom. The lowest BCUT2D eigenvalue weighted by Crippen LogP contribution is -2.12. The van der Waals surface area contributed by atoms with Crippen molar-refractivity contribution in [3.05, 3.63) is 45.1 Å². The van der Waals surface area contributed by atoms with Gasteiger partial charge in [-0.25, -0.2) is 0 Å². The molecule has 1 amide bonds. The third-order valence-electron chi connectivity index (χ3n) is 2.62. The van der Waals surface area contributed by atoms with E-state index in [1.54, 1.807) is 31.4 Å². The van der Waals surface area contributed by atoms with Crippen molar-refractivity contribution in [1.29, 1.82) is 0 Å². The highest BCUT2D eigenvalue weighted by Crippen LogP contribution is 2.28. The molecule has 0 aliphatic carbocycles. The quantitative estimate of drug-likeness (QED) is 0.855. The maximum atomic E-state index is 12.3. The number of amides is 1. The summed E-state index contributed by atoms with van der Waals surface area (Å²) in [6.45, 7) is 0.249. The number of nitrogens with one attached hydrogen (secondary N) is 1. The first-order chi connectivity index (χ1) is 10.2. The number of rotatable bonds is 3.